The van der Waals surface area contributed by atoms with Crippen molar-refractivity contribution in [1.29, 1.82) is 5.41 Å². The van der Waals surface area contributed by atoms with Gasteiger partial charge in [0, 0.05) is 21.1 Å². The van der Waals surface area contributed by atoms with Crippen LogP contribution in [0.25, 0.3) is 0 Å². The van der Waals surface area contributed by atoms with Crippen LogP contribution >= 0.6 is 27.7 Å². The Labute approximate surface area is 112 Å². The maximum atomic E-state index is 7.40. The molecule has 0 fully saturated rings. The quantitative estimate of drug-likeness (QED) is 0.675. The van der Waals surface area contributed by atoms with Gasteiger partial charge in [-0.15, -0.1) is 0 Å². The van der Waals surface area contributed by atoms with Gasteiger partial charge in [0.05, 0.1) is 0 Å². The molecule has 0 unspecified atom stereocenters. The summed E-state index contributed by atoms with van der Waals surface area (Å²) in [7, 11) is 0. The molecule has 0 saturated carbocycles. The van der Waals surface area contributed by atoms with Crippen molar-refractivity contribution < 1.29 is 0 Å². The number of benzene rings is 1. The van der Waals surface area contributed by atoms with Crippen molar-refractivity contribution in [2.24, 2.45) is 5.73 Å². The summed E-state index contributed by atoms with van der Waals surface area (Å²) < 4.78 is 0.825. The van der Waals surface area contributed by atoms with Crippen molar-refractivity contribution in [2.45, 2.75) is 9.92 Å². The second-order valence-corrected chi connectivity index (χ2v) is 5.27. The number of nitrogens with zero attached hydrogens (tertiary/aromatic N) is 1. The van der Waals surface area contributed by atoms with Crippen LogP contribution in [0.15, 0.2) is 57.0 Å². The maximum absolute atomic E-state index is 7.40. The molecular weight excluding hydrogens is 298 g/mol. The Morgan fingerprint density at radius 1 is 1.29 bits per heavy atom. The van der Waals surface area contributed by atoms with Gasteiger partial charge in [-0.05, 0) is 46.3 Å². The van der Waals surface area contributed by atoms with Crippen LogP contribution in [0, 0.1) is 5.41 Å². The Morgan fingerprint density at radius 2 is 2.12 bits per heavy atom. The third kappa shape index (κ3) is 3.08. The molecule has 0 amide bonds. The van der Waals surface area contributed by atoms with Crippen molar-refractivity contribution in [3.63, 3.8) is 0 Å². The highest BCUT2D eigenvalue weighted by molar-refractivity contribution is 9.10. The van der Waals surface area contributed by atoms with E-state index in [2.05, 4.69) is 20.9 Å². The first kappa shape index (κ1) is 12.1. The molecule has 2 aromatic rings. The second kappa shape index (κ2) is 5.33. The Hall–Kier alpha value is -1.33. The Kier molecular flexibility index (Phi) is 3.81. The van der Waals surface area contributed by atoms with E-state index in [4.69, 9.17) is 11.1 Å². The van der Waals surface area contributed by atoms with E-state index in [1.807, 2.05) is 36.4 Å². The zero-order chi connectivity index (χ0) is 12.3. The fourth-order valence-electron chi connectivity index (χ4n) is 1.31. The molecule has 0 radical (unpaired) electrons. The number of nitrogens with one attached hydrogen (secondary N) is 1. The molecule has 5 heteroatoms. The summed E-state index contributed by atoms with van der Waals surface area (Å²) in [6, 6.07) is 11.5. The van der Waals surface area contributed by atoms with Crippen LogP contribution in [0.4, 0.5) is 0 Å². The number of nitrogen functional groups attached to an aromatic ring is 1. The molecule has 0 aliphatic carbocycles. The predicted octanol–water partition coefficient (Wildman–Crippen LogP) is 3.28. The molecule has 0 aliphatic heterocycles. The van der Waals surface area contributed by atoms with Crippen LogP contribution in [-0.4, -0.2) is 10.8 Å². The topological polar surface area (TPSA) is 62.8 Å². The lowest BCUT2D eigenvalue weighted by atomic mass is 10.2. The summed E-state index contributed by atoms with van der Waals surface area (Å²) in [5.41, 5.74) is 6.16. The molecule has 17 heavy (non-hydrogen) atoms. The number of pyridine rings is 1. The lowest BCUT2D eigenvalue weighted by molar-refractivity contribution is 1.13. The minimum absolute atomic E-state index is 0.0614. The molecule has 86 valence electrons. The lowest BCUT2D eigenvalue weighted by Gasteiger charge is -2.05. The minimum atomic E-state index is 0.0614. The molecule has 2 rings (SSSR count). The van der Waals surface area contributed by atoms with E-state index >= 15 is 0 Å². The van der Waals surface area contributed by atoms with E-state index in [-0.39, 0.29) is 5.84 Å². The highest BCUT2D eigenvalue weighted by Gasteiger charge is 2.05. The van der Waals surface area contributed by atoms with Crippen LogP contribution in [0.5, 0.6) is 0 Å². The summed E-state index contributed by atoms with van der Waals surface area (Å²) in [4.78, 5) is 5.30. The van der Waals surface area contributed by atoms with Crippen molar-refractivity contribution in [3.05, 3.63) is 52.6 Å². The van der Waals surface area contributed by atoms with Crippen molar-refractivity contribution in [3.8, 4) is 0 Å². The monoisotopic (exact) mass is 307 g/mol. The molecule has 0 bridgehead atoms. The molecule has 1 aromatic heterocycles. The fraction of sp³-hybridized carbons (Fsp3) is 0. The van der Waals surface area contributed by atoms with Gasteiger partial charge in [-0.25, -0.2) is 4.98 Å². The van der Waals surface area contributed by atoms with Gasteiger partial charge in [0.15, 0.2) is 0 Å². The van der Waals surface area contributed by atoms with Gasteiger partial charge in [-0.1, -0.05) is 17.8 Å². The number of amidine groups is 1. The normalized spacial score (nSPS) is 10.2. The first-order chi connectivity index (χ1) is 8.16. The minimum Gasteiger partial charge on any atom is -0.384 e. The summed E-state index contributed by atoms with van der Waals surface area (Å²) in [6.07, 6.45) is 1.77. The lowest BCUT2D eigenvalue weighted by Crippen LogP contribution is -2.11. The predicted molar refractivity (Wildman–Crippen MR) is 73.5 cm³/mol. The number of hydrogen-bond acceptors (Lipinski definition) is 3. The van der Waals surface area contributed by atoms with E-state index in [9.17, 15) is 0 Å². The zero-order valence-electron chi connectivity index (χ0n) is 8.85. The molecule has 1 heterocycles. The van der Waals surface area contributed by atoms with Gasteiger partial charge in [0.1, 0.15) is 10.9 Å². The molecule has 0 spiro atoms. The van der Waals surface area contributed by atoms with E-state index in [1.54, 1.807) is 18.0 Å². The number of halogens is 1. The van der Waals surface area contributed by atoms with Crippen molar-refractivity contribution in [2.75, 3.05) is 0 Å². The van der Waals surface area contributed by atoms with E-state index in [0.717, 1.165) is 14.4 Å². The third-order valence-electron chi connectivity index (χ3n) is 2.09. The molecule has 1 aromatic carbocycles. The molecule has 3 nitrogen and oxygen atoms in total. The van der Waals surface area contributed by atoms with Gasteiger partial charge in [-0.3, -0.25) is 5.41 Å². The highest BCUT2D eigenvalue weighted by Crippen LogP contribution is 2.29. The Balaban J connectivity index is 2.24. The first-order valence-electron chi connectivity index (χ1n) is 4.89. The fourth-order valence-corrected chi connectivity index (χ4v) is 2.86. The average molecular weight is 308 g/mol. The van der Waals surface area contributed by atoms with Crippen molar-refractivity contribution in [1.82, 2.24) is 4.98 Å². The van der Waals surface area contributed by atoms with Gasteiger partial charge in [0.2, 0.25) is 0 Å². The molecule has 0 atom stereocenters. The summed E-state index contributed by atoms with van der Waals surface area (Å²) >= 11 is 4.98. The van der Waals surface area contributed by atoms with Crippen molar-refractivity contribution >= 4 is 33.5 Å². The number of nitrogens with two attached hydrogens (primary N) is 1. The summed E-state index contributed by atoms with van der Waals surface area (Å²) in [5, 5.41) is 8.34. The summed E-state index contributed by atoms with van der Waals surface area (Å²) in [6.45, 7) is 0. The van der Waals surface area contributed by atoms with Gasteiger partial charge < -0.3 is 5.73 Å². The van der Waals surface area contributed by atoms with Crippen LogP contribution in [0.2, 0.25) is 0 Å². The Bertz CT molecular complexity index is 543. The largest absolute Gasteiger partial charge is 0.384 e. The summed E-state index contributed by atoms with van der Waals surface area (Å²) in [5.74, 6) is 0.0614. The van der Waals surface area contributed by atoms with E-state index in [1.165, 1.54) is 0 Å². The SMILES string of the molecule is N=C(N)c1ccc(Sc2ccccn2)cc1Br. The zero-order valence-corrected chi connectivity index (χ0v) is 11.3. The third-order valence-corrected chi connectivity index (χ3v) is 3.69. The number of rotatable bonds is 3. The number of hydrogen-bond donors (Lipinski definition) is 2. The number of aromatic nitrogens is 1. The van der Waals surface area contributed by atoms with Crippen LogP contribution in [0.3, 0.4) is 0 Å². The van der Waals surface area contributed by atoms with E-state index < -0.39 is 0 Å². The van der Waals surface area contributed by atoms with Crippen LogP contribution < -0.4 is 5.73 Å². The average Bonchev–Trinajstić information content (AvgIpc) is 2.30. The van der Waals surface area contributed by atoms with Gasteiger partial charge >= 0.3 is 0 Å². The smallest absolute Gasteiger partial charge is 0.123 e. The molecule has 3 N–H and O–H groups in total. The van der Waals surface area contributed by atoms with E-state index in [0.29, 0.717) is 5.56 Å². The van der Waals surface area contributed by atoms with Gasteiger partial charge in [-0.2, -0.15) is 0 Å². The molecular formula is C12H10BrN3S. The van der Waals surface area contributed by atoms with Crippen LogP contribution in [-0.2, 0) is 0 Å². The standard InChI is InChI=1S/C12H10BrN3S/c13-10-7-8(4-5-9(10)12(14)15)17-11-3-1-2-6-16-11/h1-7H,(H3,14,15). The second-order valence-electron chi connectivity index (χ2n) is 3.33. The molecule has 0 aliphatic rings. The maximum Gasteiger partial charge on any atom is 0.123 e. The highest BCUT2D eigenvalue weighted by atomic mass is 79.9. The Morgan fingerprint density at radius 3 is 2.71 bits per heavy atom. The molecule has 0 saturated heterocycles. The van der Waals surface area contributed by atoms with Crippen LogP contribution in [0.1, 0.15) is 5.56 Å². The first-order valence-corrected chi connectivity index (χ1v) is 6.50. The van der Waals surface area contributed by atoms with Gasteiger partial charge in [0.25, 0.3) is 0 Å².